The van der Waals surface area contributed by atoms with Gasteiger partial charge in [0.25, 0.3) is 0 Å². The highest BCUT2D eigenvalue weighted by atomic mass is 14.8. The average molecular weight is 577 g/mol. The molecule has 6 aliphatic carbocycles. The predicted molar refractivity (Wildman–Crippen MR) is 184 cm³/mol. The molecular weight excluding hydrogens is 520 g/mol. The highest BCUT2D eigenvalue weighted by Crippen LogP contribution is 2.47. The molecule has 2 heteroatoms. The van der Waals surface area contributed by atoms with Gasteiger partial charge in [-0.15, -0.1) is 0 Å². The van der Waals surface area contributed by atoms with Crippen LogP contribution in [0.2, 0.25) is 0 Å². The Labute approximate surface area is 262 Å². The van der Waals surface area contributed by atoms with Gasteiger partial charge in [0, 0.05) is 23.9 Å². The summed E-state index contributed by atoms with van der Waals surface area (Å²) in [5.74, 6) is 4.78. The van der Waals surface area contributed by atoms with Crippen LogP contribution in [0, 0.1) is 41.4 Å². The summed E-state index contributed by atoms with van der Waals surface area (Å²) in [6, 6.07) is 0.148. The second-order valence-electron chi connectivity index (χ2n) is 14.3. The monoisotopic (exact) mass is 576 g/mol. The van der Waals surface area contributed by atoms with Crippen molar-refractivity contribution < 1.29 is 0 Å². The van der Waals surface area contributed by atoms with Crippen molar-refractivity contribution in [3.63, 3.8) is 0 Å². The predicted octanol–water partition coefficient (Wildman–Crippen LogP) is 9.61. The smallest absolute Gasteiger partial charge is 0.0233 e. The van der Waals surface area contributed by atoms with E-state index in [2.05, 4.69) is 91.1 Å². The lowest BCUT2D eigenvalue weighted by Crippen LogP contribution is -2.41. The van der Waals surface area contributed by atoms with Crippen LogP contribution in [-0.4, -0.2) is 12.1 Å². The van der Waals surface area contributed by atoms with E-state index in [1.807, 2.05) is 0 Å². The summed E-state index contributed by atoms with van der Waals surface area (Å²) < 4.78 is 0. The Bertz CT molecular complexity index is 1220. The van der Waals surface area contributed by atoms with E-state index in [0.29, 0.717) is 23.7 Å². The van der Waals surface area contributed by atoms with Crippen LogP contribution >= 0.6 is 0 Å². The normalized spacial score (nSPS) is 34.7. The van der Waals surface area contributed by atoms with Crippen LogP contribution in [0.5, 0.6) is 0 Å². The molecule has 0 fully saturated rings. The number of unbranched alkanes of at least 4 members (excludes halogenated alkanes) is 1. The maximum atomic E-state index is 6.53. The van der Waals surface area contributed by atoms with Gasteiger partial charge >= 0.3 is 0 Å². The Hall–Kier alpha value is -2.42. The zero-order valence-electron chi connectivity index (χ0n) is 26.4. The molecule has 0 saturated carbocycles. The van der Waals surface area contributed by atoms with Gasteiger partial charge in [-0.2, -0.15) is 0 Å². The molecule has 6 aliphatic rings. The lowest BCUT2D eigenvalue weighted by Gasteiger charge is -2.42. The van der Waals surface area contributed by atoms with Gasteiger partial charge in [-0.05, 0) is 119 Å². The van der Waals surface area contributed by atoms with Crippen molar-refractivity contribution in [2.45, 2.75) is 102 Å². The summed E-state index contributed by atoms with van der Waals surface area (Å²) in [6.07, 6.45) is 53.5. The minimum atomic E-state index is 0.0604. The highest BCUT2D eigenvalue weighted by molar-refractivity contribution is 5.31. The zero-order valence-corrected chi connectivity index (χ0v) is 26.4. The summed E-state index contributed by atoms with van der Waals surface area (Å²) in [6.45, 7) is 0. The number of fused-ring (bicyclic) bond motifs is 1. The molecular formula is C41H56N2. The van der Waals surface area contributed by atoms with Crippen LogP contribution in [0.15, 0.2) is 108 Å². The van der Waals surface area contributed by atoms with E-state index in [1.165, 1.54) is 69.8 Å². The lowest BCUT2D eigenvalue weighted by atomic mass is 9.62. The molecule has 2 nitrogen and oxygen atoms in total. The number of hydrogen-bond acceptors (Lipinski definition) is 2. The average Bonchev–Trinajstić information content (AvgIpc) is 3.07. The van der Waals surface area contributed by atoms with Gasteiger partial charge in [-0.3, -0.25) is 0 Å². The van der Waals surface area contributed by atoms with Crippen LogP contribution < -0.4 is 11.5 Å². The van der Waals surface area contributed by atoms with Crippen LogP contribution in [-0.2, 0) is 0 Å². The molecule has 6 rings (SSSR count). The molecule has 230 valence electrons. The van der Waals surface area contributed by atoms with E-state index < -0.39 is 0 Å². The summed E-state index contributed by atoms with van der Waals surface area (Å²) in [7, 11) is 0. The first-order valence-electron chi connectivity index (χ1n) is 17.8. The molecule has 0 bridgehead atoms. The van der Waals surface area contributed by atoms with Gasteiger partial charge in [0.15, 0.2) is 0 Å². The third kappa shape index (κ3) is 7.81. The lowest BCUT2D eigenvalue weighted by molar-refractivity contribution is 0.219. The summed E-state index contributed by atoms with van der Waals surface area (Å²) in [5, 5.41) is 0. The SMILES string of the molecule is NC(CCCCC1=CCC(C2C=C[C@@H](C3C=CC(C4=CCCC=C4)CC3)CC2)C2C=CC=CC12)C(N)CC1=CCCC=C1. The Kier molecular flexibility index (Phi) is 10.7. The highest BCUT2D eigenvalue weighted by Gasteiger charge is 2.37. The summed E-state index contributed by atoms with van der Waals surface area (Å²) in [5.41, 5.74) is 17.6. The van der Waals surface area contributed by atoms with Crippen molar-refractivity contribution >= 4 is 0 Å². The molecule has 0 heterocycles. The fourth-order valence-electron chi connectivity index (χ4n) is 8.84. The Balaban J connectivity index is 0.982. The first-order valence-corrected chi connectivity index (χ1v) is 17.8. The van der Waals surface area contributed by atoms with Crippen molar-refractivity contribution in [1.82, 2.24) is 0 Å². The molecule has 9 atom stereocenters. The minimum Gasteiger partial charge on any atom is -0.326 e. The molecule has 0 spiro atoms. The molecule has 0 amide bonds. The number of nitrogens with two attached hydrogens (primary N) is 2. The maximum Gasteiger partial charge on any atom is 0.0233 e. The zero-order chi connectivity index (χ0) is 29.4. The van der Waals surface area contributed by atoms with Crippen molar-refractivity contribution in [2.24, 2.45) is 52.9 Å². The second kappa shape index (κ2) is 15.0. The minimum absolute atomic E-state index is 0.0604. The first-order chi connectivity index (χ1) is 21.2. The molecule has 43 heavy (non-hydrogen) atoms. The van der Waals surface area contributed by atoms with Gasteiger partial charge in [0.05, 0.1) is 0 Å². The summed E-state index contributed by atoms with van der Waals surface area (Å²) >= 11 is 0. The van der Waals surface area contributed by atoms with Crippen LogP contribution in [0.3, 0.4) is 0 Å². The third-order valence-corrected chi connectivity index (χ3v) is 11.5. The molecule has 0 aromatic rings. The number of rotatable bonds is 11. The van der Waals surface area contributed by atoms with Gasteiger partial charge in [-0.1, -0.05) is 109 Å². The Morgan fingerprint density at radius 3 is 2.14 bits per heavy atom. The van der Waals surface area contributed by atoms with E-state index >= 15 is 0 Å². The van der Waals surface area contributed by atoms with E-state index in [4.69, 9.17) is 11.5 Å². The topological polar surface area (TPSA) is 52.0 Å². The molecule has 0 saturated heterocycles. The Morgan fingerprint density at radius 1 is 0.674 bits per heavy atom. The largest absolute Gasteiger partial charge is 0.326 e. The quantitative estimate of drug-likeness (QED) is 0.190. The van der Waals surface area contributed by atoms with Crippen molar-refractivity contribution in [3.05, 3.63) is 108 Å². The Morgan fingerprint density at radius 2 is 1.42 bits per heavy atom. The molecule has 4 N–H and O–H groups in total. The van der Waals surface area contributed by atoms with E-state index in [0.717, 1.165) is 43.4 Å². The van der Waals surface area contributed by atoms with Crippen LogP contribution in [0.1, 0.15) is 89.9 Å². The molecule has 0 aliphatic heterocycles. The van der Waals surface area contributed by atoms with Crippen molar-refractivity contribution in [2.75, 3.05) is 0 Å². The fourth-order valence-corrected chi connectivity index (χ4v) is 8.84. The fraction of sp³-hybridized carbons (Fsp3) is 0.561. The molecule has 0 aromatic carbocycles. The van der Waals surface area contributed by atoms with Crippen molar-refractivity contribution in [1.29, 1.82) is 0 Å². The third-order valence-electron chi connectivity index (χ3n) is 11.5. The van der Waals surface area contributed by atoms with E-state index in [-0.39, 0.29) is 12.1 Å². The van der Waals surface area contributed by atoms with Gasteiger partial charge in [0.1, 0.15) is 0 Å². The number of allylic oxidation sites excluding steroid dienone is 17. The molecule has 0 aromatic heterocycles. The van der Waals surface area contributed by atoms with Crippen molar-refractivity contribution in [3.8, 4) is 0 Å². The molecule has 0 radical (unpaired) electrons. The van der Waals surface area contributed by atoms with Gasteiger partial charge in [0.2, 0.25) is 0 Å². The number of hydrogen-bond donors (Lipinski definition) is 2. The van der Waals surface area contributed by atoms with E-state index in [1.54, 1.807) is 11.1 Å². The summed E-state index contributed by atoms with van der Waals surface area (Å²) in [4.78, 5) is 0. The maximum absolute atomic E-state index is 6.53. The second-order valence-corrected chi connectivity index (χ2v) is 14.3. The first kappa shape index (κ1) is 30.6. The van der Waals surface area contributed by atoms with Crippen LogP contribution in [0.25, 0.3) is 0 Å². The van der Waals surface area contributed by atoms with Crippen LogP contribution in [0.4, 0.5) is 0 Å². The van der Waals surface area contributed by atoms with E-state index in [9.17, 15) is 0 Å². The molecule has 8 unspecified atom stereocenters. The van der Waals surface area contributed by atoms with Gasteiger partial charge in [-0.25, -0.2) is 0 Å². The van der Waals surface area contributed by atoms with Gasteiger partial charge < -0.3 is 11.5 Å². The standard InChI is InChI=1S/C41H56N2/c42-40(41(43)29-30-11-3-1-4-12-30)18-10-7-15-35-27-28-38(39-17-9-8-16-37(35)39)36-25-23-34(24-26-36)33-21-19-32(20-22-33)31-13-5-2-6-14-31/h3,5,8-9,11-14,16-17,19,21,23,25,27,32-34,36-41H,1-2,4,6-7,10,15,18,20,22,24,26,28-29,42-43H2/t32?,33?,34-,36?,37?,38?,39?,40?,41?/m1/s1.